The number of halogens is 4. The van der Waals surface area contributed by atoms with E-state index in [1.54, 1.807) is 13.8 Å². The standard InChI is InChI=1S/C48H52B2N6O6.4BrH/c1-35(2)47(57)51-15-5-37-7-17-53(18-8-37)31-39-25-41(29-45(27-39)49(59)60)33-55-21-11-43(12-22-55)44-13-23-56(24-14-44)34-42-26-40(28-46(30-42)50(61)62)32-54-19-9-38(10-20-54)6-16-52-48(58)36(3)4;;;;/h7-14,17-30,59-62H,1,3,5-6,15-16,31-34H2,2,4H3;4*1H/q+2;;;;/p-2. The number of hydrogen-bond acceptors (Lipinski definition) is 6. The van der Waals surface area contributed by atoms with Crippen molar-refractivity contribution in [2.75, 3.05) is 13.1 Å². The molecule has 6 rings (SSSR count). The van der Waals surface area contributed by atoms with Crippen molar-refractivity contribution in [1.29, 1.82) is 0 Å². The first-order valence-electron chi connectivity index (χ1n) is 20.6. The second-order valence-electron chi connectivity index (χ2n) is 15.8. The Bertz CT molecular complexity index is 2360. The van der Waals surface area contributed by atoms with E-state index in [2.05, 4.69) is 60.2 Å². The summed E-state index contributed by atoms with van der Waals surface area (Å²) in [5.74, 6) is -0.295. The summed E-state index contributed by atoms with van der Waals surface area (Å²) in [5, 5.41) is 46.0. The molecule has 0 atom stereocenters. The Morgan fingerprint density at radius 1 is 0.455 bits per heavy atom. The Kier molecular flexibility index (Phi) is 24.3. The van der Waals surface area contributed by atoms with Gasteiger partial charge in [0.2, 0.25) is 11.8 Å². The first-order valence-corrected chi connectivity index (χ1v) is 20.6. The van der Waals surface area contributed by atoms with Gasteiger partial charge in [0.1, 0.15) is 0 Å². The summed E-state index contributed by atoms with van der Waals surface area (Å²) in [7, 11) is -3.19. The van der Waals surface area contributed by atoms with Crippen LogP contribution in [0.4, 0.5) is 0 Å². The van der Waals surface area contributed by atoms with Crippen LogP contribution < -0.4 is 108 Å². The number of aromatic nitrogens is 4. The molecule has 0 aliphatic rings. The zero-order valence-corrected chi connectivity index (χ0v) is 43.2. The number of carbonyl (C=O) groups excluding carboxylic acids is 2. The van der Waals surface area contributed by atoms with Crippen LogP contribution in [0, 0.1) is 0 Å². The van der Waals surface area contributed by atoms with Gasteiger partial charge in [0.15, 0.2) is 75.8 Å². The molecule has 12 nitrogen and oxygen atoms in total. The predicted octanol–water partition coefficient (Wildman–Crippen LogP) is -11.5. The summed E-state index contributed by atoms with van der Waals surface area (Å²) in [6.07, 6.45) is 17.3. The number of pyridine rings is 4. The number of hydrogen-bond donors (Lipinski definition) is 6. The summed E-state index contributed by atoms with van der Waals surface area (Å²) in [6.45, 7) is 13.9. The van der Waals surface area contributed by atoms with Crippen LogP contribution in [-0.2, 0) is 48.6 Å². The monoisotopic (exact) mass is 1150 g/mol. The fraction of sp³-hybridized carbons (Fsp3) is 0.208. The topological polar surface area (TPSA) is 155 Å². The molecule has 18 heteroatoms. The number of nitrogens with one attached hydrogen (secondary N) is 2. The molecule has 0 unspecified atom stereocenters. The lowest BCUT2D eigenvalue weighted by Gasteiger charge is -2.08. The van der Waals surface area contributed by atoms with E-state index in [-0.39, 0.29) is 79.7 Å². The van der Waals surface area contributed by atoms with Crippen LogP contribution in [0.25, 0.3) is 11.1 Å². The molecule has 6 N–H and O–H groups in total. The summed E-state index contributed by atoms with van der Waals surface area (Å²) >= 11 is 0. The van der Waals surface area contributed by atoms with Crippen molar-refractivity contribution >= 4 is 37.0 Å². The maximum absolute atomic E-state index is 11.8. The molecule has 66 heavy (non-hydrogen) atoms. The molecule has 0 aliphatic carbocycles. The molecule has 0 radical (unpaired) electrons. The number of benzene rings is 2. The van der Waals surface area contributed by atoms with Crippen molar-refractivity contribution in [3.8, 4) is 11.1 Å². The van der Waals surface area contributed by atoms with E-state index in [0.717, 1.165) is 44.5 Å². The average Bonchev–Trinajstić information content (AvgIpc) is 3.25. The molecule has 4 aromatic heterocycles. The van der Waals surface area contributed by atoms with Gasteiger partial charge in [-0.05, 0) is 72.0 Å². The molecule has 6 aromatic rings. The van der Waals surface area contributed by atoms with Crippen molar-refractivity contribution in [3.05, 3.63) is 192 Å². The zero-order chi connectivity index (χ0) is 44.2. The van der Waals surface area contributed by atoms with Gasteiger partial charge in [0.05, 0.1) is 0 Å². The van der Waals surface area contributed by atoms with E-state index in [1.807, 2.05) is 116 Å². The fourth-order valence-electron chi connectivity index (χ4n) is 7.06. The third kappa shape index (κ3) is 17.5. The molecule has 2 aromatic carbocycles. The Hall–Kier alpha value is -4.65. The van der Waals surface area contributed by atoms with Crippen LogP contribution in [0.5, 0.6) is 0 Å². The minimum absolute atomic E-state index is 0. The van der Waals surface area contributed by atoms with E-state index in [1.165, 1.54) is 0 Å². The van der Waals surface area contributed by atoms with Crippen molar-refractivity contribution in [3.63, 3.8) is 0 Å². The van der Waals surface area contributed by atoms with Crippen LogP contribution >= 0.6 is 0 Å². The Morgan fingerprint density at radius 3 is 0.955 bits per heavy atom. The van der Waals surface area contributed by atoms with Crippen LogP contribution in [0.1, 0.15) is 47.2 Å². The molecular formula is C48H54B2Br4N6O6. The maximum atomic E-state index is 11.8. The second-order valence-corrected chi connectivity index (χ2v) is 15.8. The molecule has 0 aliphatic heterocycles. The maximum Gasteiger partial charge on any atom is 0.488 e. The number of carbonyl (C=O) groups is 2. The van der Waals surface area contributed by atoms with Gasteiger partial charge in [0, 0.05) is 95.0 Å². The minimum Gasteiger partial charge on any atom is -1.00 e. The molecule has 4 heterocycles. The van der Waals surface area contributed by atoms with Gasteiger partial charge in [-0.15, -0.1) is 0 Å². The molecule has 2 amide bonds. The SMILES string of the molecule is C=C(C)C(=O)NCCc1cc[n+](Cc2cc(C[n+]3ccc(-c4cc[n+](Cc5cc(C[n+]6ccc(CCNC(=O)C(=C)C)cc6)cc(B(O)O)c5)cc4)cc3)cc(B(O)O)c2)cc1.[Br-].[Br-].[Br-].[Br-]. The van der Waals surface area contributed by atoms with Crippen LogP contribution in [0.2, 0.25) is 0 Å². The van der Waals surface area contributed by atoms with Gasteiger partial charge >= 0.3 is 14.2 Å². The smallest absolute Gasteiger partial charge is 0.488 e. The van der Waals surface area contributed by atoms with Gasteiger partial charge in [-0.1, -0.05) is 37.4 Å². The van der Waals surface area contributed by atoms with Crippen LogP contribution in [0.3, 0.4) is 0 Å². The van der Waals surface area contributed by atoms with Gasteiger partial charge in [-0.25, -0.2) is 18.3 Å². The second kappa shape index (κ2) is 27.9. The summed E-state index contributed by atoms with van der Waals surface area (Å²) < 4.78 is 8.16. The van der Waals surface area contributed by atoms with Crippen molar-refractivity contribution in [2.45, 2.75) is 52.9 Å². The summed E-state index contributed by atoms with van der Waals surface area (Å²) in [6, 6.07) is 27.7. The zero-order valence-electron chi connectivity index (χ0n) is 36.8. The molecule has 0 bridgehead atoms. The predicted molar refractivity (Wildman–Crippen MR) is 238 cm³/mol. The number of rotatable bonds is 19. The molecule has 0 saturated heterocycles. The van der Waals surface area contributed by atoms with E-state index >= 15 is 0 Å². The molecule has 0 spiro atoms. The number of nitrogens with zero attached hydrogens (tertiary/aromatic N) is 4. The summed E-state index contributed by atoms with van der Waals surface area (Å²) in [4.78, 5) is 23.5. The first kappa shape index (κ1) is 57.5. The third-order valence-electron chi connectivity index (χ3n) is 10.4. The highest BCUT2D eigenvalue weighted by molar-refractivity contribution is 6.59. The Balaban J connectivity index is 0.00000374. The highest BCUT2D eigenvalue weighted by atomic mass is 79.9. The van der Waals surface area contributed by atoms with Gasteiger partial charge < -0.3 is 98.7 Å². The van der Waals surface area contributed by atoms with E-state index < -0.39 is 14.2 Å². The van der Waals surface area contributed by atoms with Crippen molar-refractivity contribution < 1.29 is 116 Å². The Morgan fingerprint density at radius 2 is 0.712 bits per heavy atom. The van der Waals surface area contributed by atoms with Gasteiger partial charge in [-0.3, -0.25) is 9.59 Å². The minimum atomic E-state index is -1.60. The molecule has 0 fully saturated rings. The quantitative estimate of drug-likeness (QED) is 0.0270. The lowest BCUT2D eigenvalue weighted by atomic mass is 9.78. The highest BCUT2D eigenvalue weighted by Gasteiger charge is 2.19. The summed E-state index contributed by atoms with van der Waals surface area (Å²) in [5.41, 5.74) is 9.83. The fourth-order valence-corrected chi connectivity index (χ4v) is 7.06. The lowest BCUT2D eigenvalue weighted by molar-refractivity contribution is -0.689. The normalized spacial score (nSPS) is 10.2. The van der Waals surface area contributed by atoms with E-state index in [4.69, 9.17) is 0 Å². The largest absolute Gasteiger partial charge is 1.00 e. The molecule has 346 valence electrons. The average molecular weight is 1150 g/mol. The Labute approximate surface area is 429 Å². The molecule has 0 saturated carbocycles. The van der Waals surface area contributed by atoms with E-state index in [0.29, 0.717) is 74.2 Å². The first-order chi connectivity index (χ1) is 29.8. The van der Waals surface area contributed by atoms with E-state index in [9.17, 15) is 29.7 Å². The highest BCUT2D eigenvalue weighted by Crippen LogP contribution is 2.16. The van der Waals surface area contributed by atoms with Gasteiger partial charge in [0.25, 0.3) is 0 Å². The lowest BCUT2D eigenvalue weighted by Crippen LogP contribution is -3.00. The van der Waals surface area contributed by atoms with Crippen molar-refractivity contribution in [1.82, 2.24) is 10.6 Å². The molecular weight excluding hydrogens is 1100 g/mol. The van der Waals surface area contributed by atoms with Gasteiger partial charge in [-0.2, -0.15) is 0 Å². The van der Waals surface area contributed by atoms with Crippen LogP contribution in [0.15, 0.2) is 159 Å². The van der Waals surface area contributed by atoms with Crippen molar-refractivity contribution in [2.24, 2.45) is 0 Å². The number of amides is 2. The third-order valence-corrected chi connectivity index (χ3v) is 10.4. The van der Waals surface area contributed by atoms with Crippen LogP contribution in [-0.4, -0.2) is 59.2 Å².